The van der Waals surface area contributed by atoms with Gasteiger partial charge in [-0.1, -0.05) is 25.4 Å². The number of ether oxygens (including phenoxy) is 2. The zero-order valence-electron chi connectivity index (χ0n) is 11.1. The number of nitrogens with one attached hydrogen (secondary N) is 1. The molecular weight excluding hydrogens is 250 g/mol. The minimum absolute atomic E-state index is 0.380. The van der Waals surface area contributed by atoms with Gasteiger partial charge in [0.05, 0.1) is 10.7 Å². The summed E-state index contributed by atoms with van der Waals surface area (Å²) >= 11 is 6.24. The van der Waals surface area contributed by atoms with Gasteiger partial charge >= 0.3 is 0 Å². The monoisotopic (exact) mass is 269 g/mol. The number of anilines is 1. The number of hydrogen-bond acceptors (Lipinski definition) is 3. The summed E-state index contributed by atoms with van der Waals surface area (Å²) in [6.07, 6.45) is 1.10. The molecule has 100 valence electrons. The first-order valence-electron chi connectivity index (χ1n) is 6.42. The van der Waals surface area contributed by atoms with Gasteiger partial charge in [0.2, 0.25) is 0 Å². The molecular formula is C14H20ClNO2. The average Bonchev–Trinajstić information content (AvgIpc) is 2.29. The lowest BCUT2D eigenvalue weighted by Crippen LogP contribution is -2.19. The molecule has 1 aromatic rings. The molecule has 1 aromatic carbocycles. The lowest BCUT2D eigenvalue weighted by atomic mass is 10.1. The molecule has 0 aliphatic carbocycles. The second kappa shape index (κ2) is 5.70. The summed E-state index contributed by atoms with van der Waals surface area (Å²) in [6.45, 7) is 7.76. The van der Waals surface area contributed by atoms with E-state index in [1.54, 1.807) is 0 Å². The zero-order valence-corrected chi connectivity index (χ0v) is 11.9. The maximum Gasteiger partial charge on any atom is 0.163 e. The van der Waals surface area contributed by atoms with Crippen molar-refractivity contribution >= 4 is 17.3 Å². The summed E-state index contributed by atoms with van der Waals surface area (Å²) in [7, 11) is 0. The van der Waals surface area contributed by atoms with Crippen molar-refractivity contribution in [3.8, 4) is 11.5 Å². The Bertz CT molecular complexity index is 421. The SMILES string of the molecule is CC(C)CC(C)Nc1cc2c(cc1Cl)OCCO2. The Kier molecular flexibility index (Phi) is 4.23. The second-order valence-corrected chi connectivity index (χ2v) is 5.56. The maximum absolute atomic E-state index is 6.24. The molecule has 0 spiro atoms. The minimum Gasteiger partial charge on any atom is -0.486 e. The van der Waals surface area contributed by atoms with Gasteiger partial charge in [-0.05, 0) is 19.3 Å². The molecule has 18 heavy (non-hydrogen) atoms. The highest BCUT2D eigenvalue weighted by Crippen LogP contribution is 2.38. The van der Waals surface area contributed by atoms with E-state index in [1.807, 2.05) is 12.1 Å². The Balaban J connectivity index is 2.13. The Hall–Kier alpha value is -1.09. The van der Waals surface area contributed by atoms with E-state index in [0.29, 0.717) is 30.2 Å². The number of halogens is 1. The lowest BCUT2D eigenvalue weighted by molar-refractivity contribution is 0.171. The molecule has 2 rings (SSSR count). The molecule has 0 amide bonds. The normalized spacial score (nSPS) is 15.6. The van der Waals surface area contributed by atoms with Crippen LogP contribution in [0.5, 0.6) is 11.5 Å². The predicted octanol–water partition coefficient (Wildman–Crippen LogP) is 3.96. The Morgan fingerprint density at radius 3 is 2.39 bits per heavy atom. The number of hydrogen-bond donors (Lipinski definition) is 1. The van der Waals surface area contributed by atoms with Crippen LogP contribution in [0.1, 0.15) is 27.2 Å². The number of rotatable bonds is 4. The Morgan fingerprint density at radius 2 is 1.78 bits per heavy atom. The van der Waals surface area contributed by atoms with E-state index in [0.717, 1.165) is 23.6 Å². The van der Waals surface area contributed by atoms with E-state index in [-0.39, 0.29) is 0 Å². The zero-order chi connectivity index (χ0) is 13.1. The van der Waals surface area contributed by atoms with Crippen LogP contribution in [0.15, 0.2) is 12.1 Å². The molecule has 0 bridgehead atoms. The van der Waals surface area contributed by atoms with Crippen LogP contribution in [0.4, 0.5) is 5.69 Å². The number of fused-ring (bicyclic) bond motifs is 1. The summed E-state index contributed by atoms with van der Waals surface area (Å²) in [6, 6.07) is 4.12. The maximum atomic E-state index is 6.24. The van der Waals surface area contributed by atoms with Crippen LogP contribution in [0.2, 0.25) is 5.02 Å². The van der Waals surface area contributed by atoms with Gasteiger partial charge in [-0.2, -0.15) is 0 Å². The topological polar surface area (TPSA) is 30.5 Å². The molecule has 0 saturated heterocycles. The average molecular weight is 270 g/mol. The first-order valence-corrected chi connectivity index (χ1v) is 6.79. The van der Waals surface area contributed by atoms with Crippen molar-refractivity contribution < 1.29 is 9.47 Å². The highest BCUT2D eigenvalue weighted by Gasteiger charge is 2.16. The number of benzene rings is 1. The summed E-state index contributed by atoms with van der Waals surface area (Å²) in [5.41, 5.74) is 0.911. The van der Waals surface area contributed by atoms with Crippen molar-refractivity contribution in [2.45, 2.75) is 33.2 Å². The standard InChI is InChI=1S/C14H20ClNO2/c1-9(2)6-10(3)16-12-8-14-13(7-11(12)15)17-4-5-18-14/h7-10,16H,4-6H2,1-3H3. The van der Waals surface area contributed by atoms with Crippen LogP contribution in [-0.2, 0) is 0 Å². The van der Waals surface area contributed by atoms with Gasteiger partial charge in [0, 0.05) is 18.2 Å². The van der Waals surface area contributed by atoms with Crippen LogP contribution < -0.4 is 14.8 Å². The smallest absolute Gasteiger partial charge is 0.163 e. The Labute approximate surface area is 113 Å². The van der Waals surface area contributed by atoms with Crippen molar-refractivity contribution in [3.05, 3.63) is 17.2 Å². The van der Waals surface area contributed by atoms with E-state index in [9.17, 15) is 0 Å². The fourth-order valence-corrected chi connectivity index (χ4v) is 2.41. The van der Waals surface area contributed by atoms with Gasteiger partial charge in [-0.25, -0.2) is 0 Å². The van der Waals surface area contributed by atoms with E-state index in [4.69, 9.17) is 21.1 Å². The minimum atomic E-state index is 0.380. The third-order valence-corrected chi connectivity index (χ3v) is 3.17. The van der Waals surface area contributed by atoms with Crippen LogP contribution in [0, 0.1) is 5.92 Å². The Morgan fingerprint density at radius 1 is 1.17 bits per heavy atom. The molecule has 0 aromatic heterocycles. The molecule has 4 heteroatoms. The van der Waals surface area contributed by atoms with Crippen molar-refractivity contribution in [1.29, 1.82) is 0 Å². The summed E-state index contributed by atoms with van der Waals surface area (Å²) in [5.74, 6) is 2.15. The third-order valence-electron chi connectivity index (χ3n) is 2.86. The summed E-state index contributed by atoms with van der Waals surface area (Å²) in [4.78, 5) is 0. The van der Waals surface area contributed by atoms with Crippen LogP contribution >= 0.6 is 11.6 Å². The van der Waals surface area contributed by atoms with Gasteiger partial charge in [-0.3, -0.25) is 0 Å². The fourth-order valence-electron chi connectivity index (χ4n) is 2.21. The summed E-state index contributed by atoms with van der Waals surface area (Å²) < 4.78 is 11.0. The molecule has 1 heterocycles. The first kappa shape index (κ1) is 13.3. The van der Waals surface area contributed by atoms with E-state index in [1.165, 1.54) is 0 Å². The molecule has 3 nitrogen and oxygen atoms in total. The highest BCUT2D eigenvalue weighted by atomic mass is 35.5. The third kappa shape index (κ3) is 3.22. The molecule has 1 N–H and O–H groups in total. The van der Waals surface area contributed by atoms with Crippen molar-refractivity contribution in [3.63, 3.8) is 0 Å². The van der Waals surface area contributed by atoms with Crippen molar-refractivity contribution in [2.24, 2.45) is 5.92 Å². The predicted molar refractivity (Wildman–Crippen MR) is 75.0 cm³/mol. The molecule has 1 atom stereocenters. The summed E-state index contributed by atoms with van der Waals surface area (Å²) in [5, 5.41) is 4.10. The molecule has 1 aliphatic heterocycles. The molecule has 0 fully saturated rings. The molecule has 0 radical (unpaired) electrons. The quantitative estimate of drug-likeness (QED) is 0.898. The van der Waals surface area contributed by atoms with Crippen LogP contribution in [0.3, 0.4) is 0 Å². The van der Waals surface area contributed by atoms with E-state index in [2.05, 4.69) is 26.1 Å². The van der Waals surface area contributed by atoms with Gasteiger partial charge in [0.1, 0.15) is 13.2 Å². The van der Waals surface area contributed by atoms with Crippen molar-refractivity contribution in [1.82, 2.24) is 0 Å². The van der Waals surface area contributed by atoms with Gasteiger partial charge in [-0.15, -0.1) is 0 Å². The van der Waals surface area contributed by atoms with Crippen LogP contribution in [0.25, 0.3) is 0 Å². The second-order valence-electron chi connectivity index (χ2n) is 5.15. The lowest BCUT2D eigenvalue weighted by Gasteiger charge is -2.22. The fraction of sp³-hybridized carbons (Fsp3) is 0.571. The molecule has 1 unspecified atom stereocenters. The van der Waals surface area contributed by atoms with Crippen molar-refractivity contribution in [2.75, 3.05) is 18.5 Å². The van der Waals surface area contributed by atoms with Gasteiger partial charge in [0.15, 0.2) is 11.5 Å². The molecule has 0 saturated carbocycles. The largest absolute Gasteiger partial charge is 0.486 e. The first-order chi connectivity index (χ1) is 8.56. The van der Waals surface area contributed by atoms with Crippen LogP contribution in [-0.4, -0.2) is 19.3 Å². The van der Waals surface area contributed by atoms with E-state index < -0.39 is 0 Å². The van der Waals surface area contributed by atoms with E-state index >= 15 is 0 Å². The highest BCUT2D eigenvalue weighted by molar-refractivity contribution is 6.33. The van der Waals surface area contributed by atoms with Gasteiger partial charge < -0.3 is 14.8 Å². The van der Waals surface area contributed by atoms with Gasteiger partial charge in [0.25, 0.3) is 0 Å². The molecule has 1 aliphatic rings.